The first kappa shape index (κ1) is 7.85. The van der Waals surface area contributed by atoms with E-state index < -0.39 is 0 Å². The molecule has 1 aliphatic rings. The molecule has 0 radical (unpaired) electrons. The van der Waals surface area contributed by atoms with Crippen LogP contribution < -0.4 is 5.73 Å². The van der Waals surface area contributed by atoms with Crippen molar-refractivity contribution in [1.29, 1.82) is 0 Å². The number of halogens is 2. The van der Waals surface area contributed by atoms with Crippen LogP contribution in [0, 0.1) is 0 Å². The summed E-state index contributed by atoms with van der Waals surface area (Å²) in [4.78, 5) is 0.621. The van der Waals surface area contributed by atoms with Crippen LogP contribution in [0.1, 0.15) is 19.3 Å². The molecule has 0 aromatic heterocycles. The SMILES string of the molecule is NC1=C(I)CCC(Br)C1. The maximum absolute atomic E-state index is 5.71. The maximum atomic E-state index is 5.71. The van der Waals surface area contributed by atoms with E-state index in [0.29, 0.717) is 4.83 Å². The van der Waals surface area contributed by atoms with E-state index in [4.69, 9.17) is 5.73 Å². The smallest absolute Gasteiger partial charge is 0.0203 e. The number of alkyl halides is 1. The van der Waals surface area contributed by atoms with Gasteiger partial charge in [-0.2, -0.15) is 0 Å². The third-order valence-corrected chi connectivity index (χ3v) is 3.48. The second-order valence-corrected chi connectivity index (χ2v) is 4.87. The molecule has 0 fully saturated rings. The van der Waals surface area contributed by atoms with Crippen LogP contribution in [0.2, 0.25) is 0 Å². The summed E-state index contributed by atoms with van der Waals surface area (Å²) in [5.74, 6) is 0. The van der Waals surface area contributed by atoms with E-state index in [0.717, 1.165) is 18.5 Å². The van der Waals surface area contributed by atoms with Crippen LogP contribution in [0.5, 0.6) is 0 Å². The Balaban J connectivity index is 2.61. The van der Waals surface area contributed by atoms with Crippen LogP contribution >= 0.6 is 38.5 Å². The van der Waals surface area contributed by atoms with E-state index >= 15 is 0 Å². The highest BCUT2D eigenvalue weighted by atomic mass is 127. The topological polar surface area (TPSA) is 26.0 Å². The van der Waals surface area contributed by atoms with Gasteiger partial charge in [-0.1, -0.05) is 15.9 Å². The van der Waals surface area contributed by atoms with Gasteiger partial charge in [0.05, 0.1) is 0 Å². The van der Waals surface area contributed by atoms with Gasteiger partial charge in [0.15, 0.2) is 0 Å². The van der Waals surface area contributed by atoms with Gasteiger partial charge in [0.25, 0.3) is 0 Å². The minimum absolute atomic E-state index is 0.621. The molecule has 0 aromatic rings. The summed E-state index contributed by atoms with van der Waals surface area (Å²) in [6, 6.07) is 0. The molecule has 1 unspecified atom stereocenters. The average Bonchev–Trinajstić information content (AvgIpc) is 1.80. The Morgan fingerprint density at radius 1 is 1.67 bits per heavy atom. The molecular formula is C6H9BrIN. The number of nitrogens with two attached hydrogens (primary N) is 1. The van der Waals surface area contributed by atoms with E-state index in [1.807, 2.05) is 0 Å². The molecule has 0 aliphatic heterocycles. The molecule has 9 heavy (non-hydrogen) atoms. The third-order valence-electron chi connectivity index (χ3n) is 1.47. The van der Waals surface area contributed by atoms with Gasteiger partial charge in [0, 0.05) is 20.5 Å². The Hall–Kier alpha value is 0.750. The van der Waals surface area contributed by atoms with E-state index in [9.17, 15) is 0 Å². The second-order valence-electron chi connectivity index (χ2n) is 2.27. The molecule has 52 valence electrons. The normalized spacial score (nSPS) is 28.9. The van der Waals surface area contributed by atoms with Crippen LogP contribution in [0.25, 0.3) is 0 Å². The van der Waals surface area contributed by atoms with Crippen LogP contribution in [-0.4, -0.2) is 4.83 Å². The van der Waals surface area contributed by atoms with Crippen molar-refractivity contribution in [3.05, 3.63) is 9.28 Å². The lowest BCUT2D eigenvalue weighted by molar-refractivity contribution is 0.720. The van der Waals surface area contributed by atoms with Crippen LogP contribution in [0.3, 0.4) is 0 Å². The monoisotopic (exact) mass is 301 g/mol. The van der Waals surface area contributed by atoms with Crippen molar-refractivity contribution in [2.24, 2.45) is 5.73 Å². The van der Waals surface area contributed by atoms with E-state index in [1.165, 1.54) is 10.0 Å². The Morgan fingerprint density at radius 3 is 2.78 bits per heavy atom. The predicted octanol–water partition coefficient (Wildman–Crippen LogP) is 2.54. The van der Waals surface area contributed by atoms with Gasteiger partial charge in [0.2, 0.25) is 0 Å². The lowest BCUT2D eigenvalue weighted by Crippen LogP contribution is -2.12. The largest absolute Gasteiger partial charge is 0.401 e. The molecule has 0 bridgehead atoms. The highest BCUT2D eigenvalue weighted by Gasteiger charge is 2.14. The molecule has 1 aliphatic carbocycles. The molecule has 3 heteroatoms. The number of hydrogen-bond acceptors (Lipinski definition) is 1. The second kappa shape index (κ2) is 3.23. The first-order valence-corrected chi connectivity index (χ1v) is 4.96. The number of hydrogen-bond donors (Lipinski definition) is 1. The Kier molecular flexibility index (Phi) is 2.82. The standard InChI is InChI=1S/C6H9BrIN/c7-4-1-2-5(8)6(9)3-4/h4H,1-3,9H2. The molecule has 2 N–H and O–H groups in total. The lowest BCUT2D eigenvalue weighted by Gasteiger charge is -2.17. The fourth-order valence-corrected chi connectivity index (χ4v) is 2.00. The van der Waals surface area contributed by atoms with Gasteiger partial charge in [-0.05, 0) is 35.4 Å². The Morgan fingerprint density at radius 2 is 2.33 bits per heavy atom. The summed E-state index contributed by atoms with van der Waals surface area (Å²) in [5, 5.41) is 0. The van der Waals surface area contributed by atoms with Crippen molar-refractivity contribution in [2.75, 3.05) is 0 Å². The number of rotatable bonds is 0. The summed E-state index contributed by atoms with van der Waals surface area (Å²) >= 11 is 5.87. The Labute approximate surface area is 77.3 Å². The zero-order valence-electron chi connectivity index (χ0n) is 5.03. The van der Waals surface area contributed by atoms with E-state index in [2.05, 4.69) is 38.5 Å². The van der Waals surface area contributed by atoms with E-state index in [-0.39, 0.29) is 0 Å². The van der Waals surface area contributed by atoms with Crippen LogP contribution in [-0.2, 0) is 0 Å². The highest BCUT2D eigenvalue weighted by molar-refractivity contribution is 14.1. The maximum Gasteiger partial charge on any atom is 0.0203 e. The van der Waals surface area contributed by atoms with Crippen molar-refractivity contribution in [3.63, 3.8) is 0 Å². The summed E-state index contributed by atoms with van der Waals surface area (Å²) < 4.78 is 1.35. The lowest BCUT2D eigenvalue weighted by atomic mass is 10.1. The molecule has 1 atom stereocenters. The van der Waals surface area contributed by atoms with Gasteiger partial charge >= 0.3 is 0 Å². The minimum atomic E-state index is 0.621. The van der Waals surface area contributed by atoms with Crippen molar-refractivity contribution in [1.82, 2.24) is 0 Å². The molecule has 0 heterocycles. The van der Waals surface area contributed by atoms with Crippen LogP contribution in [0.15, 0.2) is 9.28 Å². The molecule has 1 rings (SSSR count). The van der Waals surface area contributed by atoms with Gasteiger partial charge in [-0.3, -0.25) is 0 Å². The fraction of sp³-hybridized carbons (Fsp3) is 0.667. The van der Waals surface area contributed by atoms with Gasteiger partial charge in [-0.25, -0.2) is 0 Å². The van der Waals surface area contributed by atoms with Crippen molar-refractivity contribution in [2.45, 2.75) is 24.1 Å². The third kappa shape index (κ3) is 2.11. The van der Waals surface area contributed by atoms with E-state index in [1.54, 1.807) is 0 Å². The zero-order valence-corrected chi connectivity index (χ0v) is 8.78. The van der Waals surface area contributed by atoms with Gasteiger partial charge in [-0.15, -0.1) is 0 Å². The average molecular weight is 302 g/mol. The zero-order chi connectivity index (χ0) is 6.85. The molecular weight excluding hydrogens is 293 g/mol. The predicted molar refractivity (Wildman–Crippen MR) is 51.8 cm³/mol. The quantitative estimate of drug-likeness (QED) is 0.540. The minimum Gasteiger partial charge on any atom is -0.401 e. The fourth-order valence-electron chi connectivity index (χ4n) is 0.895. The van der Waals surface area contributed by atoms with Gasteiger partial charge in [0.1, 0.15) is 0 Å². The van der Waals surface area contributed by atoms with Gasteiger partial charge < -0.3 is 5.73 Å². The summed E-state index contributed by atoms with van der Waals surface area (Å²) in [6.07, 6.45) is 3.42. The van der Waals surface area contributed by atoms with Crippen molar-refractivity contribution in [3.8, 4) is 0 Å². The highest BCUT2D eigenvalue weighted by Crippen LogP contribution is 2.30. The summed E-state index contributed by atoms with van der Waals surface area (Å²) in [5.41, 5.74) is 6.78. The first-order chi connectivity index (χ1) is 4.20. The molecule has 1 nitrogen and oxygen atoms in total. The van der Waals surface area contributed by atoms with Crippen molar-refractivity contribution >= 4 is 38.5 Å². The Bertz CT molecular complexity index is 144. The summed E-state index contributed by atoms with van der Waals surface area (Å²) in [6.45, 7) is 0. The molecule has 0 saturated heterocycles. The molecule has 0 aromatic carbocycles. The molecule has 0 amide bonds. The molecule has 0 spiro atoms. The molecule has 0 saturated carbocycles. The first-order valence-electron chi connectivity index (χ1n) is 2.97. The summed E-state index contributed by atoms with van der Waals surface area (Å²) in [7, 11) is 0. The van der Waals surface area contributed by atoms with Crippen molar-refractivity contribution < 1.29 is 0 Å². The van der Waals surface area contributed by atoms with Crippen LogP contribution in [0.4, 0.5) is 0 Å². The number of allylic oxidation sites excluding steroid dienone is 2.